The highest BCUT2D eigenvalue weighted by atomic mass is 127. The summed E-state index contributed by atoms with van der Waals surface area (Å²) < 4.78 is 105. The number of benzene rings is 2. The van der Waals surface area contributed by atoms with Gasteiger partial charge in [-0.1, -0.05) is 30.4 Å². The van der Waals surface area contributed by atoms with E-state index in [1.165, 1.54) is 34.3 Å². The number of nitrogens with zero attached hydrogens (tertiary/aromatic N) is 2. The molecule has 242 valence electrons. The quantitative estimate of drug-likeness (QED) is 0.132. The van der Waals surface area contributed by atoms with Gasteiger partial charge >= 0.3 is 0 Å². The molecule has 2 aromatic carbocycles. The van der Waals surface area contributed by atoms with Crippen molar-refractivity contribution in [2.24, 2.45) is 0 Å². The number of anilines is 1. The van der Waals surface area contributed by atoms with E-state index in [-0.39, 0.29) is 22.4 Å². The number of hydrogen-bond acceptors (Lipinski definition) is 7. The van der Waals surface area contributed by atoms with Gasteiger partial charge in [-0.3, -0.25) is 13.7 Å². The Morgan fingerprint density at radius 3 is 2.09 bits per heavy atom. The van der Waals surface area contributed by atoms with Crippen LogP contribution in [0, 0.1) is 7.14 Å². The fraction of sp³-hybridized carbons (Fsp3) is 0.276. The van der Waals surface area contributed by atoms with Crippen LogP contribution < -0.4 is 4.90 Å². The van der Waals surface area contributed by atoms with E-state index in [2.05, 4.69) is 75.7 Å². The van der Waals surface area contributed by atoms with Gasteiger partial charge in [0, 0.05) is 30.7 Å². The van der Waals surface area contributed by atoms with E-state index in [0.29, 0.717) is 0 Å². The summed E-state index contributed by atoms with van der Waals surface area (Å²) in [6, 6.07) is 7.53. The van der Waals surface area contributed by atoms with Crippen molar-refractivity contribution in [3.63, 3.8) is 0 Å². The Labute approximate surface area is 290 Å². The third-order valence-corrected chi connectivity index (χ3v) is 11.6. The molecule has 2 aliphatic rings. The minimum absolute atomic E-state index is 0.0164. The largest absolute Gasteiger partial charge is 0.327 e. The molecule has 16 heteroatoms. The Kier molecular flexibility index (Phi) is 10.0. The number of fused-ring (bicyclic) bond motifs is 2. The van der Waals surface area contributed by atoms with Crippen LogP contribution in [0.4, 0.5) is 11.4 Å². The molecule has 0 radical (unpaired) electrons. The lowest BCUT2D eigenvalue weighted by Crippen LogP contribution is -2.36. The Morgan fingerprint density at radius 1 is 0.867 bits per heavy atom. The number of rotatable bonds is 9. The molecule has 3 N–H and O–H groups in total. The van der Waals surface area contributed by atoms with Gasteiger partial charge in [0.25, 0.3) is 30.4 Å². The molecule has 11 nitrogen and oxygen atoms in total. The molecule has 0 fully saturated rings. The van der Waals surface area contributed by atoms with Crippen molar-refractivity contribution in [3.05, 3.63) is 96.8 Å². The molecular weight excluding hydrogens is 870 g/mol. The number of halogens is 2. The summed E-state index contributed by atoms with van der Waals surface area (Å²) in [4.78, 5) is 0.564. The normalized spacial score (nSPS) is 21.2. The first-order valence-electron chi connectivity index (χ1n) is 13.2. The fourth-order valence-corrected chi connectivity index (χ4v) is 10.6. The van der Waals surface area contributed by atoms with Gasteiger partial charge in [-0.05, 0) is 102 Å². The molecule has 0 saturated carbocycles. The topological polar surface area (TPSA) is 169 Å². The summed E-state index contributed by atoms with van der Waals surface area (Å²) >= 11 is 4.67. The summed E-state index contributed by atoms with van der Waals surface area (Å²) in [5, 5.41) is 0. The summed E-state index contributed by atoms with van der Waals surface area (Å²) in [7, 11) is -12.0. The van der Waals surface area contributed by atoms with E-state index in [1.807, 2.05) is 19.2 Å². The Hall–Kier alpha value is -1.94. The fourth-order valence-electron chi connectivity index (χ4n) is 5.94. The molecule has 0 saturated heterocycles. The van der Waals surface area contributed by atoms with E-state index in [0.717, 1.165) is 32.0 Å². The molecule has 0 aliphatic carbocycles. The number of hydrogen-bond donors (Lipinski definition) is 3. The third-order valence-electron chi connectivity index (χ3n) is 7.75. The zero-order valence-corrected chi connectivity index (χ0v) is 31.3. The third kappa shape index (κ3) is 7.63. The lowest BCUT2D eigenvalue weighted by Gasteiger charge is -2.28. The second kappa shape index (κ2) is 12.6. The van der Waals surface area contributed by atoms with Crippen LogP contribution in [0.2, 0.25) is 0 Å². The van der Waals surface area contributed by atoms with Crippen molar-refractivity contribution >= 4 is 92.6 Å². The molecule has 0 bridgehead atoms. The molecule has 45 heavy (non-hydrogen) atoms. The minimum atomic E-state index is -4.71. The van der Waals surface area contributed by atoms with Crippen molar-refractivity contribution in [3.8, 4) is 0 Å². The standard InChI is InChI=1S/C29H30I2N2O9S3/c1-28(2)25(32(4)24-15-19(30)14-22(31)27(24)28)10-8-6-5-7-9-11-26-29(3,17-43(34,35)36)21-16-20(45(40,41)42)12-13-23(21)33(26)18-44(37,38)39/h5-16H,17-18H2,1-4H3,(H2-,34,35,36,37,38,39,40,41,42)/p+1. The molecular formula is C29H31I2N2O9S3+. The van der Waals surface area contributed by atoms with Crippen molar-refractivity contribution in [1.82, 2.24) is 0 Å². The monoisotopic (exact) mass is 901 g/mol. The van der Waals surface area contributed by atoms with E-state index in [4.69, 9.17) is 0 Å². The predicted octanol–water partition coefficient (Wildman–Crippen LogP) is 5.21. The van der Waals surface area contributed by atoms with Crippen LogP contribution in [0.1, 0.15) is 31.9 Å². The summed E-state index contributed by atoms with van der Waals surface area (Å²) in [5.74, 6) is -1.92. The van der Waals surface area contributed by atoms with Gasteiger partial charge in [-0.15, -0.1) is 0 Å². The highest BCUT2D eigenvalue weighted by Crippen LogP contribution is 2.49. The zero-order chi connectivity index (χ0) is 33.8. The molecule has 4 rings (SSSR count). The predicted molar refractivity (Wildman–Crippen MR) is 190 cm³/mol. The first-order chi connectivity index (χ1) is 20.6. The van der Waals surface area contributed by atoms with Crippen LogP contribution in [-0.4, -0.2) is 67.9 Å². The van der Waals surface area contributed by atoms with Crippen LogP contribution in [0.25, 0.3) is 0 Å². The van der Waals surface area contributed by atoms with Crippen molar-refractivity contribution in [2.75, 3.05) is 23.6 Å². The molecule has 2 aromatic rings. The van der Waals surface area contributed by atoms with Gasteiger partial charge in [0.1, 0.15) is 7.05 Å². The van der Waals surface area contributed by atoms with Crippen LogP contribution in [0.3, 0.4) is 0 Å². The summed E-state index contributed by atoms with van der Waals surface area (Å²) in [6.45, 7) is 5.72. The average molecular weight is 902 g/mol. The van der Waals surface area contributed by atoms with Crippen molar-refractivity contribution < 1.29 is 43.5 Å². The average Bonchev–Trinajstić information content (AvgIpc) is 3.19. The van der Waals surface area contributed by atoms with Crippen LogP contribution in [-0.2, 0) is 41.2 Å². The van der Waals surface area contributed by atoms with E-state index < -0.39 is 52.3 Å². The van der Waals surface area contributed by atoms with Crippen LogP contribution >= 0.6 is 45.2 Å². The van der Waals surface area contributed by atoms with Gasteiger partial charge in [0.15, 0.2) is 11.6 Å². The first kappa shape index (κ1) is 35.9. The molecule has 2 aliphatic heterocycles. The maximum Gasteiger partial charge on any atom is 0.294 e. The lowest BCUT2D eigenvalue weighted by molar-refractivity contribution is -0.401. The summed E-state index contributed by atoms with van der Waals surface area (Å²) in [6.07, 6.45) is 12.0. The van der Waals surface area contributed by atoms with E-state index in [1.54, 1.807) is 18.2 Å². The van der Waals surface area contributed by atoms with Gasteiger partial charge < -0.3 is 4.90 Å². The Balaban J connectivity index is 1.69. The van der Waals surface area contributed by atoms with Gasteiger partial charge in [-0.2, -0.15) is 29.8 Å². The van der Waals surface area contributed by atoms with Gasteiger partial charge in [0.2, 0.25) is 5.69 Å². The minimum Gasteiger partial charge on any atom is -0.327 e. The highest BCUT2D eigenvalue weighted by Gasteiger charge is 2.48. The smallest absolute Gasteiger partial charge is 0.294 e. The zero-order valence-electron chi connectivity index (χ0n) is 24.5. The van der Waals surface area contributed by atoms with Crippen molar-refractivity contribution in [1.29, 1.82) is 0 Å². The van der Waals surface area contributed by atoms with E-state index >= 15 is 0 Å². The molecule has 0 amide bonds. The molecule has 0 aromatic heterocycles. The maximum atomic E-state index is 12.1. The second-order valence-electron chi connectivity index (χ2n) is 11.4. The lowest BCUT2D eigenvalue weighted by atomic mass is 9.81. The molecule has 1 unspecified atom stereocenters. The summed E-state index contributed by atoms with van der Waals surface area (Å²) in [5.41, 5.74) is 1.76. The highest BCUT2D eigenvalue weighted by molar-refractivity contribution is 14.1. The molecule has 0 spiro atoms. The van der Waals surface area contributed by atoms with Crippen LogP contribution in [0.15, 0.2) is 83.5 Å². The molecule has 1 atom stereocenters. The first-order valence-corrected chi connectivity index (χ1v) is 20.0. The van der Waals surface area contributed by atoms with Crippen LogP contribution in [0.5, 0.6) is 0 Å². The van der Waals surface area contributed by atoms with Gasteiger partial charge in [-0.25, -0.2) is 0 Å². The SMILES string of the molecule is C[N+]1=C(/C=C/C=C/C=C/C=C2\N(CS(=O)(=O)O)c3ccc(S(=O)(=O)O)cc3C2(C)CS(=O)(=O)O)C(C)(C)c2c(I)cc(I)cc21. The second-order valence-corrected chi connectivity index (χ2v) is 18.1. The Bertz CT molecular complexity index is 2070. The van der Waals surface area contributed by atoms with E-state index in [9.17, 15) is 38.9 Å². The van der Waals surface area contributed by atoms with Crippen molar-refractivity contribution in [2.45, 2.75) is 36.5 Å². The molecule has 2 heterocycles. The number of allylic oxidation sites excluding steroid dienone is 8. The van der Waals surface area contributed by atoms with Gasteiger partial charge in [0.05, 0.1) is 27.0 Å². The Morgan fingerprint density at radius 2 is 1.49 bits per heavy atom. The maximum absolute atomic E-state index is 12.1.